The van der Waals surface area contributed by atoms with Crippen LogP contribution in [-0.4, -0.2) is 42.0 Å². The molecule has 0 saturated heterocycles. The van der Waals surface area contributed by atoms with Crippen molar-refractivity contribution in [2.24, 2.45) is 0 Å². The zero-order valence-electron chi connectivity index (χ0n) is 10.7. The summed E-state index contributed by atoms with van der Waals surface area (Å²) < 4.78 is 4.86. The zero-order valence-corrected chi connectivity index (χ0v) is 11.5. The number of thioether (sulfide) groups is 1. The maximum atomic E-state index is 11.3. The van der Waals surface area contributed by atoms with Crippen molar-refractivity contribution < 1.29 is 19.4 Å². The fourth-order valence-corrected chi connectivity index (χ4v) is 1.99. The van der Waals surface area contributed by atoms with Gasteiger partial charge in [-0.15, -0.1) is 11.8 Å². The second kappa shape index (κ2) is 8.55. The Morgan fingerprint density at radius 2 is 2.05 bits per heavy atom. The SMILES string of the molecule is CC(OCC(=O)NCCSc1ccccc1)C(=O)O. The lowest BCUT2D eigenvalue weighted by Crippen LogP contribution is -2.32. The van der Waals surface area contributed by atoms with E-state index >= 15 is 0 Å². The van der Waals surface area contributed by atoms with Crippen molar-refractivity contribution >= 4 is 23.6 Å². The molecule has 1 unspecified atom stereocenters. The Bertz CT molecular complexity index is 410. The lowest BCUT2D eigenvalue weighted by molar-refractivity contribution is -0.150. The van der Waals surface area contributed by atoms with Crippen LogP contribution in [0.4, 0.5) is 0 Å². The van der Waals surface area contributed by atoms with Gasteiger partial charge in [0.2, 0.25) is 5.91 Å². The van der Waals surface area contributed by atoms with Gasteiger partial charge in [0, 0.05) is 17.2 Å². The van der Waals surface area contributed by atoms with Crippen molar-refractivity contribution in [1.82, 2.24) is 5.32 Å². The molecular weight excluding hydrogens is 266 g/mol. The molecule has 1 atom stereocenters. The number of amides is 1. The molecule has 6 heteroatoms. The minimum Gasteiger partial charge on any atom is -0.479 e. The van der Waals surface area contributed by atoms with Gasteiger partial charge in [0.05, 0.1) is 0 Å². The summed E-state index contributed by atoms with van der Waals surface area (Å²) in [6.45, 7) is 1.67. The summed E-state index contributed by atoms with van der Waals surface area (Å²) in [6, 6.07) is 9.88. The van der Waals surface area contributed by atoms with Gasteiger partial charge in [0.1, 0.15) is 6.61 Å². The van der Waals surface area contributed by atoms with Gasteiger partial charge < -0.3 is 15.2 Å². The van der Waals surface area contributed by atoms with Crippen LogP contribution in [0.25, 0.3) is 0 Å². The smallest absolute Gasteiger partial charge is 0.332 e. The van der Waals surface area contributed by atoms with Crippen LogP contribution in [0.5, 0.6) is 0 Å². The van der Waals surface area contributed by atoms with Gasteiger partial charge in [0.25, 0.3) is 0 Å². The molecule has 1 amide bonds. The fraction of sp³-hybridized carbons (Fsp3) is 0.385. The molecule has 0 aliphatic heterocycles. The summed E-state index contributed by atoms with van der Waals surface area (Å²) in [5.74, 6) is -0.626. The number of carbonyl (C=O) groups excluding carboxylic acids is 1. The van der Waals surface area contributed by atoms with Crippen molar-refractivity contribution in [3.05, 3.63) is 30.3 Å². The third-order valence-electron chi connectivity index (χ3n) is 2.25. The molecule has 5 nitrogen and oxygen atoms in total. The molecule has 0 spiro atoms. The van der Waals surface area contributed by atoms with E-state index in [1.165, 1.54) is 6.92 Å². The van der Waals surface area contributed by atoms with E-state index in [1.807, 2.05) is 30.3 Å². The standard InChI is InChI=1S/C13H17NO4S/c1-10(13(16)17)18-9-12(15)14-7-8-19-11-5-3-2-4-6-11/h2-6,10H,7-9H2,1H3,(H,14,15)(H,16,17). The molecule has 0 aromatic heterocycles. The van der Waals surface area contributed by atoms with Gasteiger partial charge in [-0.3, -0.25) is 4.79 Å². The Morgan fingerprint density at radius 1 is 1.37 bits per heavy atom. The molecule has 0 heterocycles. The first-order valence-electron chi connectivity index (χ1n) is 5.88. The molecular formula is C13H17NO4S. The van der Waals surface area contributed by atoms with E-state index < -0.39 is 12.1 Å². The van der Waals surface area contributed by atoms with Crippen molar-refractivity contribution in [3.8, 4) is 0 Å². The lowest BCUT2D eigenvalue weighted by atomic mass is 10.4. The highest BCUT2D eigenvalue weighted by molar-refractivity contribution is 7.99. The minimum atomic E-state index is -1.08. The predicted octanol–water partition coefficient (Wildman–Crippen LogP) is 1.38. The number of carboxylic acid groups (broad SMARTS) is 1. The first kappa shape index (κ1) is 15.5. The van der Waals surface area contributed by atoms with E-state index in [1.54, 1.807) is 11.8 Å². The van der Waals surface area contributed by atoms with Gasteiger partial charge in [-0.25, -0.2) is 4.79 Å². The molecule has 19 heavy (non-hydrogen) atoms. The maximum absolute atomic E-state index is 11.3. The summed E-state index contributed by atoms with van der Waals surface area (Å²) in [6.07, 6.45) is -0.968. The Balaban J connectivity index is 2.09. The fourth-order valence-electron chi connectivity index (χ4n) is 1.20. The molecule has 1 aromatic rings. The van der Waals surface area contributed by atoms with Crippen molar-refractivity contribution in [2.45, 2.75) is 17.9 Å². The number of carbonyl (C=O) groups is 2. The summed E-state index contributed by atoms with van der Waals surface area (Å²) >= 11 is 1.64. The molecule has 2 N–H and O–H groups in total. The summed E-state index contributed by atoms with van der Waals surface area (Å²) in [7, 11) is 0. The van der Waals surface area contributed by atoms with E-state index in [2.05, 4.69) is 5.32 Å². The van der Waals surface area contributed by atoms with E-state index in [0.717, 1.165) is 10.6 Å². The monoisotopic (exact) mass is 283 g/mol. The quantitative estimate of drug-likeness (QED) is 0.557. The van der Waals surface area contributed by atoms with Crippen molar-refractivity contribution in [3.63, 3.8) is 0 Å². The molecule has 0 fully saturated rings. The van der Waals surface area contributed by atoms with Crippen LogP contribution in [0.2, 0.25) is 0 Å². The Morgan fingerprint density at radius 3 is 2.68 bits per heavy atom. The molecule has 0 bridgehead atoms. The minimum absolute atomic E-state index is 0.233. The van der Waals surface area contributed by atoms with Crippen LogP contribution >= 0.6 is 11.8 Å². The molecule has 0 aliphatic carbocycles. The molecule has 0 saturated carbocycles. The Kier molecular flexibility index (Phi) is 6.99. The molecule has 1 rings (SSSR count). The third kappa shape index (κ3) is 6.83. The van der Waals surface area contributed by atoms with Crippen LogP contribution in [-0.2, 0) is 14.3 Å². The van der Waals surface area contributed by atoms with Crippen LogP contribution in [0.3, 0.4) is 0 Å². The van der Waals surface area contributed by atoms with Crippen LogP contribution in [0, 0.1) is 0 Å². The van der Waals surface area contributed by atoms with Crippen LogP contribution in [0.1, 0.15) is 6.92 Å². The predicted molar refractivity (Wildman–Crippen MR) is 73.2 cm³/mol. The lowest BCUT2D eigenvalue weighted by Gasteiger charge is -2.08. The van der Waals surface area contributed by atoms with E-state index in [9.17, 15) is 9.59 Å². The largest absolute Gasteiger partial charge is 0.479 e. The number of hydrogen-bond donors (Lipinski definition) is 2. The average molecular weight is 283 g/mol. The second-order valence-corrected chi connectivity index (χ2v) is 4.97. The van der Waals surface area contributed by atoms with Gasteiger partial charge in [-0.2, -0.15) is 0 Å². The van der Waals surface area contributed by atoms with E-state index in [0.29, 0.717) is 6.54 Å². The highest BCUT2D eigenvalue weighted by Crippen LogP contribution is 2.15. The third-order valence-corrected chi connectivity index (χ3v) is 3.26. The number of ether oxygens (including phenoxy) is 1. The summed E-state index contributed by atoms with van der Waals surface area (Å²) in [4.78, 5) is 23.0. The Labute approximate surface area is 116 Å². The number of aliphatic carboxylic acids is 1. The maximum Gasteiger partial charge on any atom is 0.332 e. The second-order valence-electron chi connectivity index (χ2n) is 3.80. The van der Waals surface area contributed by atoms with Gasteiger partial charge in [0.15, 0.2) is 6.10 Å². The topological polar surface area (TPSA) is 75.6 Å². The first-order valence-corrected chi connectivity index (χ1v) is 6.87. The Hall–Kier alpha value is -1.53. The highest BCUT2D eigenvalue weighted by atomic mass is 32.2. The summed E-state index contributed by atoms with van der Waals surface area (Å²) in [5.41, 5.74) is 0. The number of rotatable bonds is 8. The number of nitrogens with one attached hydrogen (secondary N) is 1. The van der Waals surface area contributed by atoms with Gasteiger partial charge in [-0.1, -0.05) is 18.2 Å². The van der Waals surface area contributed by atoms with E-state index in [4.69, 9.17) is 9.84 Å². The molecule has 0 aliphatic rings. The van der Waals surface area contributed by atoms with Crippen molar-refractivity contribution in [1.29, 1.82) is 0 Å². The molecule has 0 radical (unpaired) electrons. The zero-order chi connectivity index (χ0) is 14.1. The van der Waals surface area contributed by atoms with Crippen LogP contribution in [0.15, 0.2) is 35.2 Å². The molecule has 104 valence electrons. The average Bonchev–Trinajstić information content (AvgIpc) is 2.42. The van der Waals surface area contributed by atoms with Gasteiger partial charge >= 0.3 is 5.97 Å². The van der Waals surface area contributed by atoms with Crippen LogP contribution < -0.4 is 5.32 Å². The molecule has 1 aromatic carbocycles. The summed E-state index contributed by atoms with van der Waals surface area (Å²) in [5, 5.41) is 11.2. The first-order chi connectivity index (χ1) is 9.09. The highest BCUT2D eigenvalue weighted by Gasteiger charge is 2.12. The van der Waals surface area contributed by atoms with E-state index in [-0.39, 0.29) is 12.5 Å². The number of benzene rings is 1. The van der Waals surface area contributed by atoms with Gasteiger partial charge in [-0.05, 0) is 19.1 Å². The normalized spacial score (nSPS) is 11.8. The van der Waals surface area contributed by atoms with Crippen molar-refractivity contribution in [2.75, 3.05) is 18.9 Å². The number of hydrogen-bond acceptors (Lipinski definition) is 4. The number of carboxylic acids is 1.